The Morgan fingerprint density at radius 1 is 1.12 bits per heavy atom. The molecule has 0 radical (unpaired) electrons. The Morgan fingerprint density at radius 3 is 2.50 bits per heavy atom. The highest BCUT2D eigenvalue weighted by molar-refractivity contribution is 5.76. The van der Waals surface area contributed by atoms with Gasteiger partial charge in [0, 0.05) is 23.3 Å². The van der Waals surface area contributed by atoms with Gasteiger partial charge in [0.25, 0.3) is 0 Å². The summed E-state index contributed by atoms with van der Waals surface area (Å²) in [6.07, 6.45) is 0. The van der Waals surface area contributed by atoms with Gasteiger partial charge in [0.2, 0.25) is 0 Å². The van der Waals surface area contributed by atoms with Gasteiger partial charge >= 0.3 is 0 Å². The second-order valence-corrected chi connectivity index (χ2v) is 5.18. The molecule has 24 heavy (non-hydrogen) atoms. The first-order chi connectivity index (χ1) is 11.5. The lowest BCUT2D eigenvalue weighted by molar-refractivity contribution is -0.137. The highest BCUT2D eigenvalue weighted by Gasteiger charge is 2.22. The molecule has 3 rings (SSSR count). The average molecular weight is 330 g/mol. The normalized spacial score (nSPS) is 10.8. The number of hydrogen-bond donors (Lipinski definition) is 3. The van der Waals surface area contributed by atoms with Crippen LogP contribution in [0.5, 0.6) is 23.0 Å². The zero-order valence-electron chi connectivity index (χ0n) is 12.9. The smallest absolute Gasteiger partial charge is 0.193 e. The Labute approximate surface area is 136 Å². The van der Waals surface area contributed by atoms with Crippen molar-refractivity contribution in [3.63, 3.8) is 0 Å². The van der Waals surface area contributed by atoms with Crippen LogP contribution in [0.4, 0.5) is 0 Å². The molecule has 1 aromatic carbocycles. The van der Waals surface area contributed by atoms with E-state index in [1.807, 2.05) is 0 Å². The van der Waals surface area contributed by atoms with E-state index in [0.717, 1.165) is 6.07 Å². The Balaban J connectivity index is 2.29. The zero-order chi connectivity index (χ0) is 17.4. The molecule has 0 unspecified atom stereocenters. The zero-order valence-corrected chi connectivity index (χ0v) is 12.9. The molecule has 124 valence electrons. The number of methoxy groups -OCH3 is 1. The minimum Gasteiger partial charge on any atom is -0.504 e. The van der Waals surface area contributed by atoms with Crippen molar-refractivity contribution < 1.29 is 29.5 Å². The summed E-state index contributed by atoms with van der Waals surface area (Å²) in [6.45, 7) is 1.57. The predicted octanol–water partition coefficient (Wildman–Crippen LogP) is 2.99. The monoisotopic (exact) mass is 330 g/mol. The van der Waals surface area contributed by atoms with Gasteiger partial charge in [0.05, 0.1) is 12.7 Å². The summed E-state index contributed by atoms with van der Waals surface area (Å²) < 4.78 is 10.6. The molecule has 0 saturated heterocycles. The Kier molecular flexibility index (Phi) is 3.78. The quantitative estimate of drug-likeness (QED) is 0.500. The summed E-state index contributed by atoms with van der Waals surface area (Å²) in [7, 11) is 1.42. The van der Waals surface area contributed by atoms with Gasteiger partial charge in [-0.1, -0.05) is 0 Å². The molecule has 7 nitrogen and oxygen atoms in total. The van der Waals surface area contributed by atoms with Crippen molar-refractivity contribution in [3.8, 4) is 45.6 Å². The van der Waals surface area contributed by atoms with E-state index in [9.17, 15) is 15.0 Å². The molecule has 0 aromatic heterocycles. The topological polar surface area (TPSA) is 109 Å². The van der Waals surface area contributed by atoms with E-state index in [4.69, 9.17) is 14.4 Å². The van der Waals surface area contributed by atoms with Gasteiger partial charge in [-0.25, -0.2) is 5.26 Å². The van der Waals surface area contributed by atoms with Crippen LogP contribution in [0.25, 0.3) is 22.6 Å². The fourth-order valence-corrected chi connectivity index (χ4v) is 2.54. The van der Waals surface area contributed by atoms with Crippen molar-refractivity contribution in [1.29, 1.82) is 0 Å². The van der Waals surface area contributed by atoms with Gasteiger partial charge in [-0.15, -0.1) is 0 Å². The van der Waals surface area contributed by atoms with Gasteiger partial charge < -0.3 is 24.3 Å². The molecule has 0 amide bonds. The summed E-state index contributed by atoms with van der Waals surface area (Å²) >= 11 is 0. The number of phenols is 1. The lowest BCUT2D eigenvalue weighted by Gasteiger charge is -2.14. The molecule has 1 aliphatic heterocycles. The lowest BCUT2D eigenvalue weighted by atomic mass is 10.0. The molecule has 0 bridgehead atoms. The summed E-state index contributed by atoms with van der Waals surface area (Å²) in [5.41, 5.74) is 0.418. The van der Waals surface area contributed by atoms with Crippen molar-refractivity contribution in [1.82, 2.24) is 0 Å². The SMILES string of the molecule is COc1ccc(-c2oc3cc(OO)cc(=O)c-3c(C)c2O)cc1O. The second kappa shape index (κ2) is 5.78. The van der Waals surface area contributed by atoms with Crippen LogP contribution in [0.1, 0.15) is 5.56 Å². The van der Waals surface area contributed by atoms with Crippen LogP contribution in [-0.2, 0) is 0 Å². The number of aromatic hydroxyl groups is 2. The van der Waals surface area contributed by atoms with E-state index in [1.54, 1.807) is 13.0 Å². The predicted molar refractivity (Wildman–Crippen MR) is 84.9 cm³/mol. The highest BCUT2D eigenvalue weighted by Crippen LogP contribution is 2.42. The molecule has 1 aliphatic carbocycles. The van der Waals surface area contributed by atoms with Crippen LogP contribution in [0, 0.1) is 6.92 Å². The molecule has 7 heteroatoms. The van der Waals surface area contributed by atoms with E-state index < -0.39 is 5.43 Å². The largest absolute Gasteiger partial charge is 0.504 e. The van der Waals surface area contributed by atoms with Gasteiger partial charge in [0.1, 0.15) is 5.76 Å². The third kappa shape index (κ3) is 2.40. The van der Waals surface area contributed by atoms with E-state index in [0.29, 0.717) is 11.1 Å². The van der Waals surface area contributed by atoms with Gasteiger partial charge in [-0.05, 0) is 25.1 Å². The number of benzene rings is 2. The summed E-state index contributed by atoms with van der Waals surface area (Å²) in [4.78, 5) is 16.2. The Bertz CT molecular complexity index is 942. The molecule has 0 atom stereocenters. The van der Waals surface area contributed by atoms with Crippen molar-refractivity contribution in [2.75, 3.05) is 7.11 Å². The number of rotatable bonds is 3. The Hall–Kier alpha value is -3.19. The molecule has 0 fully saturated rings. The van der Waals surface area contributed by atoms with E-state index in [2.05, 4.69) is 4.89 Å². The van der Waals surface area contributed by atoms with E-state index >= 15 is 0 Å². The van der Waals surface area contributed by atoms with Gasteiger partial charge in [-0.2, -0.15) is 0 Å². The first-order valence-corrected chi connectivity index (χ1v) is 6.95. The van der Waals surface area contributed by atoms with Crippen molar-refractivity contribution >= 4 is 0 Å². The molecule has 0 saturated carbocycles. The Morgan fingerprint density at radius 2 is 1.88 bits per heavy atom. The first-order valence-electron chi connectivity index (χ1n) is 6.95. The summed E-state index contributed by atoms with van der Waals surface area (Å²) in [6, 6.07) is 6.89. The van der Waals surface area contributed by atoms with Crippen LogP contribution < -0.4 is 15.1 Å². The third-order valence-electron chi connectivity index (χ3n) is 3.74. The van der Waals surface area contributed by atoms with Crippen LogP contribution >= 0.6 is 0 Å². The molecule has 2 aliphatic rings. The van der Waals surface area contributed by atoms with Gasteiger partial charge in [-0.3, -0.25) is 4.79 Å². The maximum Gasteiger partial charge on any atom is 0.193 e. The third-order valence-corrected chi connectivity index (χ3v) is 3.74. The van der Waals surface area contributed by atoms with E-state index in [-0.39, 0.29) is 40.1 Å². The fourth-order valence-electron chi connectivity index (χ4n) is 2.54. The lowest BCUT2D eigenvalue weighted by Crippen LogP contribution is -2.08. The minimum atomic E-state index is -0.461. The molecule has 0 spiro atoms. The maximum atomic E-state index is 12.1. The average Bonchev–Trinajstić information content (AvgIpc) is 2.57. The molecule has 1 aromatic rings. The van der Waals surface area contributed by atoms with Crippen molar-refractivity contribution in [2.24, 2.45) is 0 Å². The summed E-state index contributed by atoms with van der Waals surface area (Å²) in [5.74, 6) is 0.0409. The fraction of sp³-hybridized carbons (Fsp3) is 0.118. The van der Waals surface area contributed by atoms with Crippen LogP contribution in [0.2, 0.25) is 0 Å². The van der Waals surface area contributed by atoms with E-state index in [1.165, 1.54) is 25.3 Å². The number of fused-ring (bicyclic) bond motifs is 1. The standard InChI is InChI=1S/C17H14O7/c1-8-15-12(19)6-10(24-21)7-14(15)23-17(16(8)20)9-3-4-13(22-2)11(18)5-9/h3-7,18,20-21H,1-2H3. The van der Waals surface area contributed by atoms with Crippen molar-refractivity contribution in [3.05, 3.63) is 46.1 Å². The second-order valence-electron chi connectivity index (χ2n) is 5.18. The maximum absolute atomic E-state index is 12.1. The van der Waals surface area contributed by atoms with Crippen LogP contribution in [0.3, 0.4) is 0 Å². The van der Waals surface area contributed by atoms with Crippen molar-refractivity contribution in [2.45, 2.75) is 6.92 Å². The van der Waals surface area contributed by atoms with Crippen LogP contribution in [-0.4, -0.2) is 22.6 Å². The molecule has 1 heterocycles. The number of hydrogen-bond acceptors (Lipinski definition) is 7. The number of phenolic OH excluding ortho intramolecular Hbond substituents is 1. The summed E-state index contributed by atoms with van der Waals surface area (Å²) in [5, 5.41) is 29.0. The minimum absolute atomic E-state index is 0.0624. The van der Waals surface area contributed by atoms with Gasteiger partial charge in [0.15, 0.2) is 34.2 Å². The molecular weight excluding hydrogens is 316 g/mol. The van der Waals surface area contributed by atoms with Crippen LogP contribution in [0.15, 0.2) is 39.5 Å². The first kappa shape index (κ1) is 15.7. The number of ether oxygens (including phenoxy) is 1. The molecular formula is C17H14O7. The molecule has 3 N–H and O–H groups in total. The highest BCUT2D eigenvalue weighted by atomic mass is 17.1.